The molecule has 0 unspecified atom stereocenters. The number of para-hydroxylation sites is 1. The third kappa shape index (κ3) is 4.13. The van der Waals surface area contributed by atoms with Crippen LogP contribution in [0.25, 0.3) is 11.0 Å². The van der Waals surface area contributed by atoms with Crippen molar-refractivity contribution in [2.75, 3.05) is 40.0 Å². The zero-order valence-electron chi connectivity index (χ0n) is 16.8. The first-order valence-electron chi connectivity index (χ1n) is 9.89. The van der Waals surface area contributed by atoms with E-state index in [1.807, 2.05) is 43.3 Å². The Morgan fingerprint density at radius 3 is 2.55 bits per heavy atom. The molecule has 0 aliphatic carbocycles. The van der Waals surface area contributed by atoms with E-state index in [2.05, 4.69) is 22.3 Å². The molecule has 1 aliphatic heterocycles. The van der Waals surface area contributed by atoms with Gasteiger partial charge in [0.25, 0.3) is 5.91 Å². The highest BCUT2D eigenvalue weighted by Gasteiger charge is 2.25. The quantitative estimate of drug-likeness (QED) is 0.693. The van der Waals surface area contributed by atoms with Gasteiger partial charge in [-0.2, -0.15) is 0 Å². The van der Waals surface area contributed by atoms with Gasteiger partial charge in [0.05, 0.1) is 26.4 Å². The van der Waals surface area contributed by atoms with Crippen molar-refractivity contribution in [3.05, 3.63) is 65.4 Å². The van der Waals surface area contributed by atoms with Gasteiger partial charge in [0, 0.05) is 30.6 Å². The Bertz CT molecular complexity index is 974. The summed E-state index contributed by atoms with van der Waals surface area (Å²) in [6.45, 7) is 5.46. The van der Waals surface area contributed by atoms with Gasteiger partial charge >= 0.3 is 0 Å². The van der Waals surface area contributed by atoms with Crippen molar-refractivity contribution < 1.29 is 18.7 Å². The normalized spacial score (nSPS) is 15.9. The molecule has 1 aliphatic rings. The molecule has 1 fully saturated rings. The number of nitrogens with one attached hydrogen (secondary N) is 1. The molecule has 2 heterocycles. The molecule has 1 saturated heterocycles. The number of aryl methyl sites for hydroxylation is 1. The van der Waals surface area contributed by atoms with Crippen LogP contribution in [0.5, 0.6) is 5.75 Å². The van der Waals surface area contributed by atoms with Crippen molar-refractivity contribution in [2.24, 2.45) is 0 Å². The average Bonchev–Trinajstić information content (AvgIpc) is 3.12. The van der Waals surface area contributed by atoms with Crippen molar-refractivity contribution in [1.29, 1.82) is 0 Å². The van der Waals surface area contributed by atoms with E-state index in [9.17, 15) is 4.79 Å². The van der Waals surface area contributed by atoms with Gasteiger partial charge in [-0.05, 0) is 30.7 Å². The second-order valence-corrected chi connectivity index (χ2v) is 7.20. The highest BCUT2D eigenvalue weighted by Crippen LogP contribution is 2.26. The fourth-order valence-corrected chi connectivity index (χ4v) is 3.83. The summed E-state index contributed by atoms with van der Waals surface area (Å²) in [6, 6.07) is 15.8. The topological polar surface area (TPSA) is 63.9 Å². The van der Waals surface area contributed by atoms with Crippen molar-refractivity contribution in [3.63, 3.8) is 0 Å². The number of hydrogen-bond donors (Lipinski definition) is 1. The number of hydrogen-bond acceptors (Lipinski definition) is 5. The summed E-state index contributed by atoms with van der Waals surface area (Å²) in [4.78, 5) is 15.2. The van der Waals surface area contributed by atoms with Gasteiger partial charge in [-0.1, -0.05) is 30.3 Å². The SMILES string of the molecule is COc1ccc([C@H](CNC(=O)c2oc3ccccc3c2C)N2CCOCC2)cc1. The summed E-state index contributed by atoms with van der Waals surface area (Å²) in [5.74, 6) is 1.00. The van der Waals surface area contributed by atoms with Crippen LogP contribution in [0.2, 0.25) is 0 Å². The molecule has 2 aromatic carbocycles. The molecule has 1 N–H and O–H groups in total. The van der Waals surface area contributed by atoms with Crippen LogP contribution in [0, 0.1) is 6.92 Å². The Kier molecular flexibility index (Phi) is 5.83. The molecule has 152 valence electrons. The highest BCUT2D eigenvalue weighted by atomic mass is 16.5. The maximum absolute atomic E-state index is 12.9. The standard InChI is InChI=1S/C23H26N2O4/c1-16-19-5-3-4-6-21(19)29-22(16)23(26)24-15-20(25-11-13-28-14-12-25)17-7-9-18(27-2)10-8-17/h3-10,20H,11-15H2,1-2H3,(H,24,26)/t20-/m0/s1. The van der Waals surface area contributed by atoms with Gasteiger partial charge in [-0.15, -0.1) is 0 Å². The highest BCUT2D eigenvalue weighted by molar-refractivity contribution is 5.98. The minimum atomic E-state index is -0.189. The Hall–Kier alpha value is -2.83. The van der Waals surface area contributed by atoms with Crippen LogP contribution in [-0.4, -0.2) is 50.8 Å². The first-order chi connectivity index (χ1) is 14.2. The molecule has 1 atom stereocenters. The van der Waals surface area contributed by atoms with Crippen LogP contribution >= 0.6 is 0 Å². The van der Waals surface area contributed by atoms with E-state index >= 15 is 0 Å². The van der Waals surface area contributed by atoms with Gasteiger partial charge < -0.3 is 19.2 Å². The minimum Gasteiger partial charge on any atom is -0.497 e. The smallest absolute Gasteiger partial charge is 0.287 e. The van der Waals surface area contributed by atoms with Crippen molar-refractivity contribution in [3.8, 4) is 5.75 Å². The Balaban J connectivity index is 1.53. The Labute approximate surface area is 170 Å². The van der Waals surface area contributed by atoms with Crippen molar-refractivity contribution in [2.45, 2.75) is 13.0 Å². The molecular formula is C23H26N2O4. The van der Waals surface area contributed by atoms with Gasteiger partial charge in [0.1, 0.15) is 11.3 Å². The van der Waals surface area contributed by atoms with E-state index < -0.39 is 0 Å². The number of methoxy groups -OCH3 is 1. The summed E-state index contributed by atoms with van der Waals surface area (Å²) in [6.07, 6.45) is 0. The minimum absolute atomic E-state index is 0.0541. The van der Waals surface area contributed by atoms with E-state index in [1.165, 1.54) is 0 Å². The lowest BCUT2D eigenvalue weighted by Crippen LogP contribution is -2.43. The second-order valence-electron chi connectivity index (χ2n) is 7.20. The molecule has 6 heteroatoms. The zero-order valence-corrected chi connectivity index (χ0v) is 16.8. The lowest BCUT2D eigenvalue weighted by atomic mass is 10.0. The third-order valence-corrected chi connectivity index (χ3v) is 5.49. The number of benzene rings is 2. The summed E-state index contributed by atoms with van der Waals surface area (Å²) in [5.41, 5.74) is 2.73. The van der Waals surface area contributed by atoms with Gasteiger partial charge in [-0.3, -0.25) is 9.69 Å². The zero-order chi connectivity index (χ0) is 20.2. The molecule has 3 aromatic rings. The number of carbonyl (C=O) groups excluding carboxylic acids is 1. The van der Waals surface area contributed by atoms with Crippen molar-refractivity contribution in [1.82, 2.24) is 10.2 Å². The van der Waals surface area contributed by atoms with Crippen LogP contribution in [0.1, 0.15) is 27.7 Å². The number of furan rings is 1. The summed E-state index contributed by atoms with van der Waals surface area (Å²) >= 11 is 0. The predicted molar refractivity (Wildman–Crippen MR) is 111 cm³/mol. The fourth-order valence-electron chi connectivity index (χ4n) is 3.83. The molecule has 4 rings (SSSR count). The number of carbonyl (C=O) groups is 1. The molecule has 0 spiro atoms. The van der Waals surface area contributed by atoms with E-state index in [0.717, 1.165) is 40.9 Å². The second kappa shape index (κ2) is 8.68. The number of ether oxygens (including phenoxy) is 2. The number of nitrogens with zero attached hydrogens (tertiary/aromatic N) is 1. The number of rotatable bonds is 6. The van der Waals surface area contributed by atoms with Crippen LogP contribution in [0.3, 0.4) is 0 Å². The summed E-state index contributed by atoms with van der Waals surface area (Å²) < 4.78 is 16.6. The van der Waals surface area contributed by atoms with Crippen LogP contribution < -0.4 is 10.1 Å². The fraction of sp³-hybridized carbons (Fsp3) is 0.348. The van der Waals surface area contributed by atoms with Crippen LogP contribution in [0.15, 0.2) is 52.9 Å². The van der Waals surface area contributed by atoms with Gasteiger partial charge in [0.2, 0.25) is 0 Å². The van der Waals surface area contributed by atoms with E-state index in [1.54, 1.807) is 7.11 Å². The van der Waals surface area contributed by atoms with E-state index in [4.69, 9.17) is 13.9 Å². The van der Waals surface area contributed by atoms with Gasteiger partial charge in [-0.25, -0.2) is 0 Å². The first-order valence-corrected chi connectivity index (χ1v) is 9.89. The Morgan fingerprint density at radius 1 is 1.14 bits per heavy atom. The molecule has 0 saturated carbocycles. The van der Waals surface area contributed by atoms with Gasteiger partial charge in [0.15, 0.2) is 5.76 Å². The van der Waals surface area contributed by atoms with E-state index in [-0.39, 0.29) is 11.9 Å². The summed E-state index contributed by atoms with van der Waals surface area (Å²) in [5, 5.41) is 4.05. The summed E-state index contributed by atoms with van der Waals surface area (Å²) in [7, 11) is 1.66. The first kappa shape index (κ1) is 19.5. The molecule has 0 bridgehead atoms. The monoisotopic (exact) mass is 394 g/mol. The maximum Gasteiger partial charge on any atom is 0.287 e. The number of morpholine rings is 1. The largest absolute Gasteiger partial charge is 0.497 e. The predicted octanol–water partition coefficient (Wildman–Crippen LogP) is 3.55. The lowest BCUT2D eigenvalue weighted by molar-refractivity contribution is 0.0161. The van der Waals surface area contributed by atoms with Crippen LogP contribution in [0.4, 0.5) is 0 Å². The van der Waals surface area contributed by atoms with Crippen LogP contribution in [-0.2, 0) is 4.74 Å². The molecule has 0 radical (unpaired) electrons. The van der Waals surface area contributed by atoms with E-state index in [0.29, 0.717) is 25.5 Å². The third-order valence-electron chi connectivity index (χ3n) is 5.49. The molecule has 1 aromatic heterocycles. The molecule has 29 heavy (non-hydrogen) atoms. The molecular weight excluding hydrogens is 368 g/mol. The van der Waals surface area contributed by atoms with Crippen molar-refractivity contribution >= 4 is 16.9 Å². The molecule has 1 amide bonds. The maximum atomic E-state index is 12.9. The number of amides is 1. The Morgan fingerprint density at radius 2 is 1.86 bits per heavy atom. The molecule has 6 nitrogen and oxygen atoms in total. The lowest BCUT2D eigenvalue weighted by Gasteiger charge is -2.35. The average molecular weight is 394 g/mol. The number of fused-ring (bicyclic) bond motifs is 1.